The number of thiophene rings is 2. The molecule has 52 heavy (non-hydrogen) atoms. The number of anilines is 1. The molecular weight excluding hydrogens is 770 g/mol. The summed E-state index contributed by atoms with van der Waals surface area (Å²) in [4.78, 5) is 34.9. The number of carbonyl (C=O) groups excluding carboxylic acids is 3. The van der Waals surface area contributed by atoms with Gasteiger partial charge in [-0.05, 0) is 66.8 Å². The van der Waals surface area contributed by atoms with Gasteiger partial charge in [0.05, 0.1) is 24.1 Å². The van der Waals surface area contributed by atoms with Crippen LogP contribution in [0, 0.1) is 0 Å². The van der Waals surface area contributed by atoms with Gasteiger partial charge in [-0.15, -0.1) is 11.3 Å². The standard InChI is InChI=1S/C26H28F3N5O7S3.C5H5NOS/c1-41-19-6-2-4-16(12-19)23(35)31-15-20-14-22(24(36)33-30)25(42-20)44(39,40)34-10-8-17(9-11-34)32-18-5-3-7-21(13-18)43(37,38)26(27,28)29;6-5(7)4-1-2-8-3-4/h2-7,12-14,17,32H,8-11,15,30H2,1H3,(H,31,35)(H,33,36);1-3H,(H2,6,7). The molecule has 0 saturated carbocycles. The summed E-state index contributed by atoms with van der Waals surface area (Å²) in [5, 5.41) is 9.19. The summed E-state index contributed by atoms with van der Waals surface area (Å²) in [5.41, 5.74) is 2.27. The van der Waals surface area contributed by atoms with Crippen LogP contribution in [0.3, 0.4) is 0 Å². The molecular formula is C31H33F3N6O8S4. The van der Waals surface area contributed by atoms with Crippen LogP contribution in [-0.4, -0.2) is 70.6 Å². The number of methoxy groups -OCH3 is 1. The first-order chi connectivity index (χ1) is 24.5. The molecule has 3 heterocycles. The lowest BCUT2D eigenvalue weighted by Crippen LogP contribution is -2.42. The molecule has 1 aliphatic rings. The monoisotopic (exact) mass is 802 g/mol. The average molecular weight is 803 g/mol. The summed E-state index contributed by atoms with van der Waals surface area (Å²) in [6.45, 7) is -0.0652. The first kappa shape index (κ1) is 40.2. The van der Waals surface area contributed by atoms with Gasteiger partial charge in [-0.1, -0.05) is 12.1 Å². The minimum Gasteiger partial charge on any atom is -0.497 e. The lowest BCUT2D eigenvalue weighted by atomic mass is 10.1. The maximum atomic E-state index is 13.6. The van der Waals surface area contributed by atoms with Gasteiger partial charge in [0.25, 0.3) is 31.7 Å². The zero-order valence-corrected chi connectivity index (χ0v) is 30.4. The van der Waals surface area contributed by atoms with Crippen LogP contribution < -0.4 is 32.4 Å². The van der Waals surface area contributed by atoms with Crippen molar-refractivity contribution < 1.29 is 49.1 Å². The minimum atomic E-state index is -5.53. The first-order valence-electron chi connectivity index (χ1n) is 15.0. The molecule has 0 unspecified atom stereocenters. The number of sulfonamides is 1. The van der Waals surface area contributed by atoms with Gasteiger partial charge in [-0.25, -0.2) is 22.7 Å². The van der Waals surface area contributed by atoms with Crippen molar-refractivity contribution in [1.29, 1.82) is 0 Å². The number of hydrazine groups is 1. The van der Waals surface area contributed by atoms with E-state index in [1.54, 1.807) is 29.6 Å². The molecule has 280 valence electrons. The fraction of sp³-hybridized carbons (Fsp3) is 0.258. The quantitative estimate of drug-likeness (QED) is 0.0841. The van der Waals surface area contributed by atoms with Gasteiger partial charge in [0, 0.05) is 46.2 Å². The van der Waals surface area contributed by atoms with E-state index < -0.39 is 42.1 Å². The zero-order valence-electron chi connectivity index (χ0n) is 27.2. The molecule has 2 aromatic heterocycles. The molecule has 7 N–H and O–H groups in total. The van der Waals surface area contributed by atoms with Crippen LogP contribution >= 0.6 is 22.7 Å². The lowest BCUT2D eigenvalue weighted by molar-refractivity contribution is -0.0436. The van der Waals surface area contributed by atoms with Gasteiger partial charge in [0.1, 0.15) is 9.96 Å². The van der Waals surface area contributed by atoms with E-state index in [0.29, 0.717) is 21.8 Å². The number of nitrogens with two attached hydrogens (primary N) is 2. The number of nitrogen functional groups attached to an aromatic ring is 1. The number of rotatable bonds is 11. The van der Waals surface area contributed by atoms with Crippen LogP contribution in [0.15, 0.2) is 80.5 Å². The van der Waals surface area contributed by atoms with Crippen molar-refractivity contribution in [2.45, 2.75) is 40.0 Å². The number of sulfone groups is 1. The van der Waals surface area contributed by atoms with Gasteiger partial charge in [-0.2, -0.15) is 28.8 Å². The van der Waals surface area contributed by atoms with E-state index in [1.807, 2.05) is 10.8 Å². The Labute approximate surface area is 304 Å². The van der Waals surface area contributed by atoms with E-state index in [1.165, 1.54) is 47.0 Å². The smallest absolute Gasteiger partial charge is 0.497 e. The molecule has 14 nitrogen and oxygen atoms in total. The van der Waals surface area contributed by atoms with Crippen LogP contribution in [0.4, 0.5) is 18.9 Å². The topological polar surface area (TPSA) is 220 Å². The zero-order chi connectivity index (χ0) is 38.3. The molecule has 3 amide bonds. The molecule has 1 saturated heterocycles. The Hall–Kier alpha value is -4.54. The third-order valence-corrected chi connectivity index (χ3v) is 13.2. The van der Waals surface area contributed by atoms with Crippen molar-refractivity contribution >= 4 is 65.9 Å². The Balaban J connectivity index is 0.000000666. The maximum absolute atomic E-state index is 13.6. The van der Waals surface area contributed by atoms with Gasteiger partial charge in [0.15, 0.2) is 0 Å². The number of piperidine rings is 1. The number of amides is 3. The van der Waals surface area contributed by atoms with Gasteiger partial charge in [0.2, 0.25) is 5.91 Å². The first-order valence-corrected chi connectivity index (χ1v) is 19.7. The van der Waals surface area contributed by atoms with Crippen LogP contribution in [0.2, 0.25) is 0 Å². The van der Waals surface area contributed by atoms with Crippen molar-refractivity contribution in [3.63, 3.8) is 0 Å². The number of hydrogen-bond donors (Lipinski definition) is 5. The van der Waals surface area contributed by atoms with Crippen LogP contribution in [0.25, 0.3) is 0 Å². The summed E-state index contributed by atoms with van der Waals surface area (Å²) >= 11 is 2.28. The number of alkyl halides is 3. The van der Waals surface area contributed by atoms with Crippen molar-refractivity contribution in [1.82, 2.24) is 15.0 Å². The SMILES string of the molecule is COc1cccc(C(=O)NCc2cc(C(=O)NN)c(S(=O)(=O)N3CCC(Nc4cccc(S(=O)(=O)C(F)(F)F)c4)CC3)s2)c1.NC(=O)c1ccsc1. The average Bonchev–Trinajstić information content (AvgIpc) is 3.82. The van der Waals surface area contributed by atoms with E-state index in [0.717, 1.165) is 23.5 Å². The second-order valence-electron chi connectivity index (χ2n) is 11.0. The third-order valence-electron chi connectivity index (χ3n) is 7.53. The Morgan fingerprint density at radius 1 is 0.962 bits per heavy atom. The molecule has 0 bridgehead atoms. The number of nitrogens with one attached hydrogen (secondary N) is 3. The summed E-state index contributed by atoms with van der Waals surface area (Å²) in [6, 6.07) is 13.4. The molecule has 0 spiro atoms. The summed E-state index contributed by atoms with van der Waals surface area (Å²) in [5.74, 6) is 4.13. The van der Waals surface area contributed by atoms with Crippen LogP contribution in [0.5, 0.6) is 5.75 Å². The highest BCUT2D eigenvalue weighted by Gasteiger charge is 2.47. The second kappa shape index (κ2) is 16.9. The number of ether oxygens (including phenoxy) is 1. The highest BCUT2D eigenvalue weighted by atomic mass is 32.2. The second-order valence-corrected chi connectivity index (χ2v) is 17.0. The molecule has 21 heteroatoms. The normalized spacial score (nSPS) is 14.1. The molecule has 2 aromatic carbocycles. The largest absolute Gasteiger partial charge is 0.501 e. The van der Waals surface area contributed by atoms with Crippen LogP contribution in [0.1, 0.15) is 48.8 Å². The number of nitrogens with zero attached hydrogens (tertiary/aromatic N) is 1. The Morgan fingerprint density at radius 3 is 2.23 bits per heavy atom. The van der Waals surface area contributed by atoms with Crippen molar-refractivity contribution in [2.75, 3.05) is 25.5 Å². The van der Waals surface area contributed by atoms with E-state index in [2.05, 4.69) is 10.6 Å². The van der Waals surface area contributed by atoms with Crippen molar-refractivity contribution in [2.24, 2.45) is 11.6 Å². The summed E-state index contributed by atoms with van der Waals surface area (Å²) in [6.07, 6.45) is 0.478. The molecule has 1 aliphatic heterocycles. The highest BCUT2D eigenvalue weighted by molar-refractivity contribution is 7.92. The Bertz CT molecular complexity index is 2120. The maximum Gasteiger partial charge on any atom is 0.501 e. The van der Waals surface area contributed by atoms with E-state index in [-0.39, 0.29) is 59.9 Å². The highest BCUT2D eigenvalue weighted by Crippen LogP contribution is 2.34. The van der Waals surface area contributed by atoms with Gasteiger partial charge < -0.3 is 21.1 Å². The predicted molar refractivity (Wildman–Crippen MR) is 188 cm³/mol. The van der Waals surface area contributed by atoms with Gasteiger partial charge >= 0.3 is 5.51 Å². The third kappa shape index (κ3) is 9.66. The fourth-order valence-corrected chi connectivity index (χ4v) is 9.54. The number of carbonyl (C=O) groups is 3. The van der Waals surface area contributed by atoms with Crippen molar-refractivity contribution in [3.05, 3.63) is 93.0 Å². The predicted octanol–water partition coefficient (Wildman–Crippen LogP) is 3.70. The molecule has 1 fully saturated rings. The van der Waals surface area contributed by atoms with Gasteiger partial charge in [-0.3, -0.25) is 19.8 Å². The molecule has 5 rings (SSSR count). The summed E-state index contributed by atoms with van der Waals surface area (Å²) in [7, 11) is -8.26. The Kier molecular flexibility index (Phi) is 13.0. The van der Waals surface area contributed by atoms with E-state index in [9.17, 15) is 44.4 Å². The molecule has 0 radical (unpaired) electrons. The number of benzene rings is 2. The van der Waals surface area contributed by atoms with Crippen LogP contribution in [-0.2, 0) is 26.4 Å². The molecule has 4 aromatic rings. The molecule has 0 aliphatic carbocycles. The number of hydrogen-bond acceptors (Lipinski definition) is 12. The fourth-order valence-electron chi connectivity index (χ4n) is 4.86. The van der Waals surface area contributed by atoms with Crippen molar-refractivity contribution in [3.8, 4) is 5.75 Å². The Morgan fingerprint density at radius 2 is 1.65 bits per heavy atom. The van der Waals surface area contributed by atoms with E-state index in [4.69, 9.17) is 16.3 Å². The minimum absolute atomic E-state index is 0.00400. The van der Waals surface area contributed by atoms with E-state index >= 15 is 0 Å². The number of primary amides is 1. The lowest BCUT2D eigenvalue weighted by Gasteiger charge is -2.32. The summed E-state index contributed by atoms with van der Waals surface area (Å²) < 4.78 is 95.6. The number of halogens is 3. The molecule has 0 atom stereocenters.